The van der Waals surface area contributed by atoms with Gasteiger partial charge in [-0.2, -0.15) is 0 Å². The number of carboxylic acid groups (broad SMARTS) is 1. The molecule has 1 heterocycles. The van der Waals surface area contributed by atoms with Gasteiger partial charge in [0.1, 0.15) is 5.76 Å². The first-order valence-corrected chi connectivity index (χ1v) is 3.98. The summed E-state index contributed by atoms with van der Waals surface area (Å²) in [7, 11) is 0. The predicted octanol–water partition coefficient (Wildman–Crippen LogP) is 1.39. The van der Waals surface area contributed by atoms with Crippen molar-refractivity contribution in [3.05, 3.63) is 24.2 Å². The van der Waals surface area contributed by atoms with Gasteiger partial charge in [-0.3, -0.25) is 4.79 Å². The molecule has 0 saturated carbocycles. The molecule has 0 spiro atoms. The molecule has 0 bridgehead atoms. The van der Waals surface area contributed by atoms with Gasteiger partial charge in [-0.1, -0.05) is 0 Å². The summed E-state index contributed by atoms with van der Waals surface area (Å²) in [5.41, 5.74) is 4.73. The average Bonchev–Trinajstić information content (AvgIpc) is 2.54. The number of carbonyl (C=O) groups is 1. The molecule has 0 unspecified atom stereocenters. The number of aliphatic carboxylic acids is 1. The lowest BCUT2D eigenvalue weighted by Gasteiger charge is -2.24. The Morgan fingerprint density at radius 3 is 2.69 bits per heavy atom. The third kappa shape index (κ3) is 1.72. The summed E-state index contributed by atoms with van der Waals surface area (Å²) in [5, 5.41) is 8.89. The summed E-state index contributed by atoms with van der Waals surface area (Å²) in [5.74, 6) is -0.441. The molecule has 0 saturated heterocycles. The van der Waals surface area contributed by atoms with Crippen LogP contribution in [0, 0.1) is 5.41 Å². The number of hydrogen-bond acceptors (Lipinski definition) is 3. The van der Waals surface area contributed by atoms with Crippen LogP contribution in [0.25, 0.3) is 0 Å². The molecule has 1 aromatic rings. The van der Waals surface area contributed by atoms with Crippen LogP contribution in [-0.2, 0) is 4.79 Å². The van der Waals surface area contributed by atoms with E-state index >= 15 is 0 Å². The maximum atomic E-state index is 10.8. The van der Waals surface area contributed by atoms with E-state index in [1.54, 1.807) is 26.0 Å². The summed E-state index contributed by atoms with van der Waals surface area (Å²) < 4.78 is 5.04. The Hall–Kier alpha value is -1.29. The molecule has 1 atom stereocenters. The maximum absolute atomic E-state index is 10.8. The largest absolute Gasteiger partial charge is 0.481 e. The Bertz CT molecular complexity index is 290. The van der Waals surface area contributed by atoms with Gasteiger partial charge >= 0.3 is 5.97 Å². The monoisotopic (exact) mass is 183 g/mol. The van der Waals surface area contributed by atoms with E-state index in [1.165, 1.54) is 6.26 Å². The lowest BCUT2D eigenvalue weighted by Crippen LogP contribution is -2.36. The summed E-state index contributed by atoms with van der Waals surface area (Å²) in [6, 6.07) is 2.74. The van der Waals surface area contributed by atoms with Crippen molar-refractivity contribution in [2.24, 2.45) is 11.1 Å². The number of rotatable bonds is 3. The van der Waals surface area contributed by atoms with Gasteiger partial charge in [-0.05, 0) is 26.0 Å². The van der Waals surface area contributed by atoms with Gasteiger partial charge in [0.05, 0.1) is 17.7 Å². The molecule has 0 aliphatic heterocycles. The smallest absolute Gasteiger partial charge is 0.311 e. The zero-order chi connectivity index (χ0) is 10.1. The maximum Gasteiger partial charge on any atom is 0.311 e. The molecule has 1 rings (SSSR count). The SMILES string of the molecule is CC(C)(C(=O)O)[C@H](N)c1ccco1. The topological polar surface area (TPSA) is 76.5 Å². The van der Waals surface area contributed by atoms with Crippen molar-refractivity contribution in [1.82, 2.24) is 0 Å². The molecule has 0 radical (unpaired) electrons. The van der Waals surface area contributed by atoms with Crippen LogP contribution < -0.4 is 5.73 Å². The van der Waals surface area contributed by atoms with Gasteiger partial charge in [0, 0.05) is 0 Å². The van der Waals surface area contributed by atoms with Crippen molar-refractivity contribution in [2.45, 2.75) is 19.9 Å². The molecule has 72 valence electrons. The van der Waals surface area contributed by atoms with E-state index in [1.807, 2.05) is 0 Å². The van der Waals surface area contributed by atoms with Crippen molar-refractivity contribution in [2.75, 3.05) is 0 Å². The highest BCUT2D eigenvalue weighted by molar-refractivity contribution is 5.74. The number of nitrogens with two attached hydrogens (primary N) is 1. The highest BCUT2D eigenvalue weighted by Crippen LogP contribution is 2.31. The van der Waals surface area contributed by atoms with Gasteiger partial charge in [-0.25, -0.2) is 0 Å². The van der Waals surface area contributed by atoms with Crippen LogP contribution in [0.1, 0.15) is 25.6 Å². The molecule has 4 heteroatoms. The van der Waals surface area contributed by atoms with E-state index in [0.29, 0.717) is 5.76 Å². The van der Waals surface area contributed by atoms with Crippen LogP contribution >= 0.6 is 0 Å². The Labute approximate surface area is 76.3 Å². The minimum Gasteiger partial charge on any atom is -0.481 e. The second-order valence-corrected chi connectivity index (χ2v) is 3.52. The fourth-order valence-corrected chi connectivity index (χ4v) is 0.957. The highest BCUT2D eigenvalue weighted by Gasteiger charge is 2.36. The van der Waals surface area contributed by atoms with E-state index in [-0.39, 0.29) is 0 Å². The molecule has 4 nitrogen and oxygen atoms in total. The normalized spacial score (nSPS) is 14.1. The lowest BCUT2D eigenvalue weighted by molar-refractivity contribution is -0.148. The Morgan fingerprint density at radius 2 is 2.31 bits per heavy atom. The summed E-state index contributed by atoms with van der Waals surface area (Å²) in [6.45, 7) is 3.14. The van der Waals surface area contributed by atoms with E-state index < -0.39 is 17.4 Å². The van der Waals surface area contributed by atoms with E-state index in [2.05, 4.69) is 0 Å². The zero-order valence-corrected chi connectivity index (χ0v) is 7.65. The fraction of sp³-hybridized carbons (Fsp3) is 0.444. The number of hydrogen-bond donors (Lipinski definition) is 2. The Morgan fingerprint density at radius 1 is 1.69 bits per heavy atom. The van der Waals surface area contributed by atoms with Crippen LogP contribution in [0.3, 0.4) is 0 Å². The number of furan rings is 1. The van der Waals surface area contributed by atoms with Gasteiger partial charge in [-0.15, -0.1) is 0 Å². The first kappa shape index (κ1) is 9.80. The highest BCUT2D eigenvalue weighted by atomic mass is 16.4. The van der Waals surface area contributed by atoms with Gasteiger partial charge in [0.2, 0.25) is 0 Å². The van der Waals surface area contributed by atoms with E-state index in [9.17, 15) is 4.79 Å². The van der Waals surface area contributed by atoms with Crippen LogP contribution in [-0.4, -0.2) is 11.1 Å². The van der Waals surface area contributed by atoms with Gasteiger partial charge in [0.15, 0.2) is 0 Å². The Balaban J connectivity index is 2.90. The third-order valence-corrected chi connectivity index (χ3v) is 2.18. The van der Waals surface area contributed by atoms with Crippen LogP contribution in [0.5, 0.6) is 0 Å². The van der Waals surface area contributed by atoms with Gasteiger partial charge < -0.3 is 15.3 Å². The molecule has 13 heavy (non-hydrogen) atoms. The lowest BCUT2D eigenvalue weighted by atomic mass is 9.84. The number of carboxylic acids is 1. The molecular formula is C9H13NO3. The fourth-order valence-electron chi connectivity index (χ4n) is 0.957. The molecule has 3 N–H and O–H groups in total. The second kappa shape index (κ2) is 3.22. The molecule has 1 aromatic heterocycles. The minimum absolute atomic E-state index is 0.493. The second-order valence-electron chi connectivity index (χ2n) is 3.52. The van der Waals surface area contributed by atoms with Crippen LogP contribution in [0.15, 0.2) is 22.8 Å². The predicted molar refractivity (Wildman–Crippen MR) is 47.1 cm³/mol. The summed E-state index contributed by atoms with van der Waals surface area (Å²) >= 11 is 0. The zero-order valence-electron chi connectivity index (χ0n) is 7.65. The first-order chi connectivity index (χ1) is 5.96. The third-order valence-electron chi connectivity index (χ3n) is 2.18. The van der Waals surface area contributed by atoms with Crippen molar-refractivity contribution in [1.29, 1.82) is 0 Å². The first-order valence-electron chi connectivity index (χ1n) is 3.98. The molecule has 0 aromatic carbocycles. The summed E-state index contributed by atoms with van der Waals surface area (Å²) in [6.07, 6.45) is 1.48. The van der Waals surface area contributed by atoms with Crippen LogP contribution in [0.4, 0.5) is 0 Å². The quantitative estimate of drug-likeness (QED) is 0.742. The molecule has 0 aliphatic rings. The standard InChI is InChI=1S/C9H13NO3/c1-9(2,8(11)12)7(10)6-4-3-5-13-6/h3-5,7H,10H2,1-2H3,(H,11,12)/t7-/m1/s1. The summed E-state index contributed by atoms with van der Waals surface area (Å²) in [4.78, 5) is 10.8. The molecule has 0 amide bonds. The van der Waals surface area contributed by atoms with Gasteiger partial charge in [0.25, 0.3) is 0 Å². The minimum atomic E-state index is -1.02. The van der Waals surface area contributed by atoms with Crippen molar-refractivity contribution >= 4 is 5.97 Å². The van der Waals surface area contributed by atoms with E-state index in [4.69, 9.17) is 15.3 Å². The average molecular weight is 183 g/mol. The molecule has 0 fully saturated rings. The van der Waals surface area contributed by atoms with Crippen molar-refractivity contribution in [3.63, 3.8) is 0 Å². The Kier molecular flexibility index (Phi) is 2.43. The molecular weight excluding hydrogens is 170 g/mol. The molecule has 0 aliphatic carbocycles. The van der Waals surface area contributed by atoms with Crippen molar-refractivity contribution in [3.8, 4) is 0 Å². The van der Waals surface area contributed by atoms with E-state index in [0.717, 1.165) is 0 Å². The van der Waals surface area contributed by atoms with Crippen LogP contribution in [0.2, 0.25) is 0 Å². The van der Waals surface area contributed by atoms with Crippen molar-refractivity contribution < 1.29 is 14.3 Å².